The Morgan fingerprint density at radius 3 is 2.67 bits per heavy atom. The molecule has 1 unspecified atom stereocenters. The van der Waals surface area contributed by atoms with Gasteiger partial charge in [0, 0.05) is 12.1 Å². The Labute approximate surface area is 109 Å². The molecule has 0 spiro atoms. The van der Waals surface area contributed by atoms with Crippen LogP contribution in [0.25, 0.3) is 0 Å². The highest BCUT2D eigenvalue weighted by Crippen LogP contribution is 2.15. The van der Waals surface area contributed by atoms with E-state index in [4.69, 9.17) is 0 Å². The quantitative estimate of drug-likeness (QED) is 0.694. The number of aliphatic hydroxyl groups excluding tert-OH is 1. The zero-order chi connectivity index (χ0) is 13.4. The molecule has 0 fully saturated rings. The largest absolute Gasteiger partial charge is 0.387 e. The summed E-state index contributed by atoms with van der Waals surface area (Å²) in [6.45, 7) is 2.31. The van der Waals surface area contributed by atoms with Crippen LogP contribution >= 0.6 is 0 Å². The summed E-state index contributed by atoms with van der Waals surface area (Å²) >= 11 is 0. The van der Waals surface area contributed by atoms with Crippen LogP contribution in [0.5, 0.6) is 0 Å². The number of nitrogens with one attached hydrogen (secondary N) is 1. The van der Waals surface area contributed by atoms with E-state index in [-0.39, 0.29) is 5.82 Å². The standard InChI is InChI=1S/C14H23FN2O/c1-17(2)10-6-5-9-16-11-14(18)12-7-3-4-8-13(12)15/h3-4,7-8,14,16,18H,5-6,9-11H2,1-2H3. The predicted molar refractivity (Wildman–Crippen MR) is 72.0 cm³/mol. The van der Waals surface area contributed by atoms with Crippen LogP contribution in [0.3, 0.4) is 0 Å². The second-order valence-corrected chi connectivity index (χ2v) is 4.75. The van der Waals surface area contributed by atoms with E-state index in [0.29, 0.717) is 12.1 Å². The molecule has 0 aliphatic heterocycles. The van der Waals surface area contributed by atoms with Crippen molar-refractivity contribution in [2.24, 2.45) is 0 Å². The molecule has 1 aromatic rings. The summed E-state index contributed by atoms with van der Waals surface area (Å²) in [5, 5.41) is 13.0. The van der Waals surface area contributed by atoms with Crippen LogP contribution in [0.15, 0.2) is 24.3 Å². The molecule has 1 aromatic carbocycles. The molecule has 0 aliphatic rings. The normalized spacial score (nSPS) is 12.9. The first kappa shape index (κ1) is 15.1. The van der Waals surface area contributed by atoms with Gasteiger partial charge >= 0.3 is 0 Å². The molecule has 0 amide bonds. The van der Waals surface area contributed by atoms with Crippen molar-refractivity contribution < 1.29 is 9.50 Å². The number of nitrogens with zero attached hydrogens (tertiary/aromatic N) is 1. The van der Waals surface area contributed by atoms with E-state index < -0.39 is 6.10 Å². The van der Waals surface area contributed by atoms with E-state index >= 15 is 0 Å². The summed E-state index contributed by atoms with van der Waals surface area (Å²) in [5.74, 6) is -0.348. The molecule has 0 aromatic heterocycles. The molecule has 1 rings (SSSR count). The van der Waals surface area contributed by atoms with Gasteiger partial charge in [0.05, 0.1) is 6.10 Å². The molecular formula is C14H23FN2O. The third-order valence-electron chi connectivity index (χ3n) is 2.81. The number of hydrogen-bond acceptors (Lipinski definition) is 3. The molecule has 0 radical (unpaired) electrons. The van der Waals surface area contributed by atoms with Crippen molar-refractivity contribution in [2.75, 3.05) is 33.7 Å². The maximum atomic E-state index is 13.4. The number of rotatable bonds is 8. The van der Waals surface area contributed by atoms with E-state index in [2.05, 4.69) is 24.3 Å². The minimum atomic E-state index is -0.778. The molecular weight excluding hydrogens is 231 g/mol. The average Bonchev–Trinajstić information content (AvgIpc) is 2.33. The first-order chi connectivity index (χ1) is 8.61. The topological polar surface area (TPSA) is 35.5 Å². The van der Waals surface area contributed by atoms with Crippen LogP contribution in [0.1, 0.15) is 24.5 Å². The van der Waals surface area contributed by atoms with Crippen molar-refractivity contribution in [3.8, 4) is 0 Å². The molecule has 0 bridgehead atoms. The summed E-state index contributed by atoms with van der Waals surface area (Å²) in [7, 11) is 4.10. The summed E-state index contributed by atoms with van der Waals surface area (Å²) in [4.78, 5) is 2.15. The van der Waals surface area contributed by atoms with E-state index in [9.17, 15) is 9.50 Å². The van der Waals surface area contributed by atoms with Gasteiger partial charge in [0.15, 0.2) is 0 Å². The number of aliphatic hydroxyl groups is 1. The Balaban J connectivity index is 2.18. The van der Waals surface area contributed by atoms with Gasteiger partial charge in [0.2, 0.25) is 0 Å². The van der Waals surface area contributed by atoms with Crippen LogP contribution in [-0.4, -0.2) is 43.7 Å². The highest BCUT2D eigenvalue weighted by Gasteiger charge is 2.10. The van der Waals surface area contributed by atoms with Gasteiger partial charge in [-0.05, 0) is 46.1 Å². The smallest absolute Gasteiger partial charge is 0.129 e. The van der Waals surface area contributed by atoms with E-state index in [1.165, 1.54) is 6.07 Å². The molecule has 2 N–H and O–H groups in total. The second kappa shape index (κ2) is 8.19. The molecule has 102 valence electrons. The molecule has 18 heavy (non-hydrogen) atoms. The lowest BCUT2D eigenvalue weighted by molar-refractivity contribution is 0.170. The minimum Gasteiger partial charge on any atom is -0.387 e. The van der Waals surface area contributed by atoms with Crippen LogP contribution in [-0.2, 0) is 0 Å². The summed E-state index contributed by atoms with van der Waals surface area (Å²) < 4.78 is 13.4. The van der Waals surface area contributed by atoms with Gasteiger partial charge in [-0.25, -0.2) is 4.39 Å². The van der Waals surface area contributed by atoms with Gasteiger partial charge < -0.3 is 15.3 Å². The Kier molecular flexibility index (Phi) is 6.86. The fourth-order valence-electron chi connectivity index (χ4n) is 1.77. The van der Waals surface area contributed by atoms with Crippen molar-refractivity contribution in [3.05, 3.63) is 35.6 Å². The molecule has 0 saturated carbocycles. The van der Waals surface area contributed by atoms with Crippen LogP contribution in [0, 0.1) is 5.82 Å². The number of benzene rings is 1. The predicted octanol–water partition coefficient (Wildman–Crippen LogP) is 1.79. The van der Waals surface area contributed by atoms with Gasteiger partial charge in [-0.3, -0.25) is 0 Å². The summed E-state index contributed by atoms with van der Waals surface area (Å²) in [5.41, 5.74) is 0.360. The Bertz CT molecular complexity index is 344. The monoisotopic (exact) mass is 254 g/mol. The molecule has 3 nitrogen and oxygen atoms in total. The first-order valence-electron chi connectivity index (χ1n) is 6.39. The lowest BCUT2D eigenvalue weighted by atomic mass is 10.1. The SMILES string of the molecule is CN(C)CCCCNCC(O)c1ccccc1F. The molecule has 0 heterocycles. The van der Waals surface area contributed by atoms with Crippen LogP contribution in [0.2, 0.25) is 0 Å². The fourth-order valence-corrected chi connectivity index (χ4v) is 1.77. The maximum Gasteiger partial charge on any atom is 0.129 e. The maximum absolute atomic E-state index is 13.4. The van der Waals surface area contributed by atoms with Gasteiger partial charge in [-0.15, -0.1) is 0 Å². The molecule has 0 aliphatic carbocycles. The minimum absolute atomic E-state index is 0.348. The fraction of sp³-hybridized carbons (Fsp3) is 0.571. The van der Waals surface area contributed by atoms with Gasteiger partial charge in [0.25, 0.3) is 0 Å². The second-order valence-electron chi connectivity index (χ2n) is 4.75. The third kappa shape index (κ3) is 5.58. The number of unbranched alkanes of at least 4 members (excludes halogenated alkanes) is 1. The highest BCUT2D eigenvalue weighted by molar-refractivity contribution is 5.19. The number of halogens is 1. The van der Waals surface area contributed by atoms with Crippen LogP contribution in [0.4, 0.5) is 4.39 Å². The van der Waals surface area contributed by atoms with Gasteiger partial charge in [-0.2, -0.15) is 0 Å². The zero-order valence-corrected chi connectivity index (χ0v) is 11.2. The van der Waals surface area contributed by atoms with Crippen molar-refractivity contribution in [1.29, 1.82) is 0 Å². The van der Waals surface area contributed by atoms with Crippen LogP contribution < -0.4 is 5.32 Å². The summed E-state index contributed by atoms with van der Waals surface area (Å²) in [6.07, 6.45) is 1.40. The van der Waals surface area contributed by atoms with E-state index in [1.54, 1.807) is 18.2 Å². The lowest BCUT2D eigenvalue weighted by Crippen LogP contribution is -2.24. The molecule has 0 saturated heterocycles. The highest BCUT2D eigenvalue weighted by atomic mass is 19.1. The first-order valence-corrected chi connectivity index (χ1v) is 6.39. The van der Waals surface area contributed by atoms with E-state index in [0.717, 1.165) is 25.9 Å². The van der Waals surface area contributed by atoms with Crippen molar-refractivity contribution in [3.63, 3.8) is 0 Å². The zero-order valence-electron chi connectivity index (χ0n) is 11.2. The number of hydrogen-bond donors (Lipinski definition) is 2. The van der Waals surface area contributed by atoms with Gasteiger partial charge in [-0.1, -0.05) is 18.2 Å². The molecule has 4 heteroatoms. The lowest BCUT2D eigenvalue weighted by Gasteiger charge is -2.13. The van der Waals surface area contributed by atoms with Gasteiger partial charge in [0.1, 0.15) is 5.82 Å². The Morgan fingerprint density at radius 2 is 2.00 bits per heavy atom. The van der Waals surface area contributed by atoms with Crippen molar-refractivity contribution >= 4 is 0 Å². The third-order valence-corrected chi connectivity index (χ3v) is 2.81. The average molecular weight is 254 g/mol. The summed E-state index contributed by atoms with van der Waals surface area (Å²) in [6, 6.07) is 6.35. The molecule has 1 atom stereocenters. The van der Waals surface area contributed by atoms with Crippen molar-refractivity contribution in [1.82, 2.24) is 10.2 Å². The Morgan fingerprint density at radius 1 is 1.28 bits per heavy atom. The van der Waals surface area contributed by atoms with E-state index in [1.807, 2.05) is 0 Å². The Hall–Kier alpha value is -0.970. The van der Waals surface area contributed by atoms with Crippen molar-refractivity contribution in [2.45, 2.75) is 18.9 Å².